The molecule has 0 saturated heterocycles. The van der Waals surface area contributed by atoms with E-state index in [9.17, 15) is 9.59 Å². The van der Waals surface area contributed by atoms with E-state index in [1.807, 2.05) is 36.4 Å². The normalized spacial score (nSPS) is 16.8. The van der Waals surface area contributed by atoms with Crippen LogP contribution in [0.1, 0.15) is 25.5 Å². The molecule has 142 valence electrons. The van der Waals surface area contributed by atoms with Crippen LogP contribution >= 0.6 is 15.9 Å². The van der Waals surface area contributed by atoms with Crippen molar-refractivity contribution in [3.05, 3.63) is 58.6 Å². The van der Waals surface area contributed by atoms with Crippen molar-refractivity contribution in [3.63, 3.8) is 0 Å². The van der Waals surface area contributed by atoms with Crippen molar-refractivity contribution < 1.29 is 23.8 Å². The van der Waals surface area contributed by atoms with Gasteiger partial charge in [-0.2, -0.15) is 0 Å². The van der Waals surface area contributed by atoms with E-state index in [0.29, 0.717) is 11.3 Å². The van der Waals surface area contributed by atoms with E-state index in [1.165, 1.54) is 0 Å². The maximum absolute atomic E-state index is 12.9. The summed E-state index contributed by atoms with van der Waals surface area (Å²) in [6, 6.07) is 13.8. The van der Waals surface area contributed by atoms with Crippen LogP contribution in [0.3, 0.4) is 0 Å². The predicted molar refractivity (Wildman–Crippen MR) is 104 cm³/mol. The molecule has 0 amide bonds. The molecule has 0 fully saturated rings. The molecule has 0 radical (unpaired) electrons. The van der Waals surface area contributed by atoms with Crippen LogP contribution in [-0.2, 0) is 19.1 Å². The van der Waals surface area contributed by atoms with E-state index in [2.05, 4.69) is 21.2 Å². The summed E-state index contributed by atoms with van der Waals surface area (Å²) in [6.07, 6.45) is 0. The molecule has 1 heterocycles. The number of esters is 2. The molecule has 6 nitrogen and oxygen atoms in total. The number of ether oxygens (including phenoxy) is 3. The summed E-state index contributed by atoms with van der Waals surface area (Å²) in [5, 5.41) is 3.25. The lowest BCUT2D eigenvalue weighted by Crippen LogP contribution is -2.57. The second-order valence-corrected chi connectivity index (χ2v) is 6.82. The SMILES string of the molecule is CCOC(=O)C1(C(=O)OCC)Oc2ccc(Br)cc2C1Nc1ccccc1. The summed E-state index contributed by atoms with van der Waals surface area (Å²) < 4.78 is 17.1. The number of halogens is 1. The number of nitrogens with one attached hydrogen (secondary N) is 1. The van der Waals surface area contributed by atoms with Gasteiger partial charge in [0.15, 0.2) is 0 Å². The Hall–Kier alpha value is -2.54. The number of hydrogen-bond acceptors (Lipinski definition) is 6. The van der Waals surface area contributed by atoms with Crippen molar-refractivity contribution in [2.45, 2.75) is 25.5 Å². The van der Waals surface area contributed by atoms with Gasteiger partial charge in [0, 0.05) is 15.7 Å². The first-order valence-corrected chi connectivity index (χ1v) is 9.46. The first-order valence-electron chi connectivity index (χ1n) is 8.67. The maximum atomic E-state index is 12.9. The van der Waals surface area contributed by atoms with Crippen LogP contribution in [0.15, 0.2) is 53.0 Å². The monoisotopic (exact) mass is 433 g/mol. The van der Waals surface area contributed by atoms with Gasteiger partial charge in [0.2, 0.25) is 0 Å². The van der Waals surface area contributed by atoms with Crippen molar-refractivity contribution in [1.82, 2.24) is 0 Å². The molecule has 0 bridgehead atoms. The third kappa shape index (κ3) is 3.51. The lowest BCUT2D eigenvalue weighted by Gasteiger charge is -2.30. The van der Waals surface area contributed by atoms with E-state index < -0.39 is 23.6 Å². The molecular formula is C20H20BrNO5. The lowest BCUT2D eigenvalue weighted by atomic mass is 9.90. The number of hydrogen-bond donors (Lipinski definition) is 1. The average Bonchev–Trinajstić information content (AvgIpc) is 2.98. The molecule has 3 rings (SSSR count). The average molecular weight is 434 g/mol. The first-order chi connectivity index (χ1) is 13.0. The highest BCUT2D eigenvalue weighted by Gasteiger charge is 2.63. The van der Waals surface area contributed by atoms with E-state index in [1.54, 1.807) is 26.0 Å². The predicted octanol–water partition coefficient (Wildman–Crippen LogP) is 3.86. The second-order valence-electron chi connectivity index (χ2n) is 5.90. The van der Waals surface area contributed by atoms with Gasteiger partial charge >= 0.3 is 17.5 Å². The Morgan fingerprint density at radius 3 is 2.30 bits per heavy atom. The molecular weight excluding hydrogens is 414 g/mol. The van der Waals surface area contributed by atoms with Gasteiger partial charge in [-0.05, 0) is 44.2 Å². The fourth-order valence-corrected chi connectivity index (χ4v) is 3.43. The van der Waals surface area contributed by atoms with Crippen LogP contribution in [-0.4, -0.2) is 30.8 Å². The van der Waals surface area contributed by atoms with Gasteiger partial charge in [0.1, 0.15) is 11.8 Å². The summed E-state index contributed by atoms with van der Waals surface area (Å²) in [7, 11) is 0. The van der Waals surface area contributed by atoms with E-state index in [0.717, 1.165) is 10.2 Å². The maximum Gasteiger partial charge on any atom is 0.365 e. The molecule has 1 unspecified atom stereocenters. The van der Waals surface area contributed by atoms with E-state index in [4.69, 9.17) is 14.2 Å². The van der Waals surface area contributed by atoms with Crippen molar-refractivity contribution in [2.75, 3.05) is 18.5 Å². The van der Waals surface area contributed by atoms with Crippen molar-refractivity contribution >= 4 is 33.6 Å². The molecule has 1 aliphatic rings. The smallest absolute Gasteiger partial charge is 0.365 e. The molecule has 2 aromatic carbocycles. The molecule has 0 aromatic heterocycles. The minimum absolute atomic E-state index is 0.113. The summed E-state index contributed by atoms with van der Waals surface area (Å²) in [5.41, 5.74) is -0.573. The highest BCUT2D eigenvalue weighted by molar-refractivity contribution is 9.10. The van der Waals surface area contributed by atoms with Gasteiger partial charge in [-0.25, -0.2) is 9.59 Å². The molecule has 7 heteroatoms. The van der Waals surface area contributed by atoms with Gasteiger partial charge in [-0.3, -0.25) is 0 Å². The van der Waals surface area contributed by atoms with E-state index in [-0.39, 0.29) is 13.2 Å². The highest BCUT2D eigenvalue weighted by Crippen LogP contribution is 2.47. The Labute approximate surface area is 165 Å². The van der Waals surface area contributed by atoms with Crippen LogP contribution in [0.25, 0.3) is 0 Å². The van der Waals surface area contributed by atoms with Crippen LogP contribution < -0.4 is 10.1 Å². The zero-order valence-corrected chi connectivity index (χ0v) is 16.6. The number of anilines is 1. The second kappa shape index (κ2) is 8.00. The minimum atomic E-state index is -1.97. The molecule has 1 atom stereocenters. The Balaban J connectivity index is 2.14. The third-order valence-electron chi connectivity index (χ3n) is 4.20. The van der Waals surface area contributed by atoms with Crippen LogP contribution in [0.4, 0.5) is 5.69 Å². The van der Waals surface area contributed by atoms with Crippen molar-refractivity contribution in [1.29, 1.82) is 0 Å². The first kappa shape index (κ1) is 19.2. The largest absolute Gasteiger partial charge is 0.462 e. The van der Waals surface area contributed by atoms with E-state index >= 15 is 0 Å². The zero-order chi connectivity index (χ0) is 19.4. The molecule has 0 spiro atoms. The third-order valence-corrected chi connectivity index (χ3v) is 4.70. The van der Waals surface area contributed by atoms with Gasteiger partial charge in [0.25, 0.3) is 0 Å². The molecule has 1 aliphatic heterocycles. The molecule has 27 heavy (non-hydrogen) atoms. The minimum Gasteiger partial charge on any atom is -0.462 e. The number of carbonyl (C=O) groups is 2. The molecule has 0 saturated carbocycles. The number of para-hydroxylation sites is 1. The quantitative estimate of drug-likeness (QED) is 0.550. The standard InChI is InChI=1S/C20H20BrNO5/c1-3-25-18(23)20(19(24)26-4-2)17(22-14-8-6-5-7-9-14)15-12-13(21)10-11-16(15)27-20/h5-12,17,22H,3-4H2,1-2H3. The Morgan fingerprint density at radius 1 is 1.07 bits per heavy atom. The number of carbonyl (C=O) groups excluding carboxylic acids is 2. The number of fused-ring (bicyclic) bond motifs is 1. The lowest BCUT2D eigenvalue weighted by molar-refractivity contribution is -0.179. The zero-order valence-electron chi connectivity index (χ0n) is 15.0. The highest BCUT2D eigenvalue weighted by atomic mass is 79.9. The van der Waals surface area contributed by atoms with Gasteiger partial charge in [-0.15, -0.1) is 0 Å². The van der Waals surface area contributed by atoms with Gasteiger partial charge in [-0.1, -0.05) is 34.1 Å². The molecule has 0 aliphatic carbocycles. The summed E-state index contributed by atoms with van der Waals surface area (Å²) >= 11 is 3.44. The van der Waals surface area contributed by atoms with Crippen molar-refractivity contribution in [3.8, 4) is 5.75 Å². The topological polar surface area (TPSA) is 73.9 Å². The summed E-state index contributed by atoms with van der Waals surface area (Å²) in [6.45, 7) is 3.58. The molecule has 1 N–H and O–H groups in total. The summed E-state index contributed by atoms with van der Waals surface area (Å²) in [4.78, 5) is 25.9. The van der Waals surface area contributed by atoms with Crippen LogP contribution in [0.2, 0.25) is 0 Å². The van der Waals surface area contributed by atoms with Crippen molar-refractivity contribution in [2.24, 2.45) is 0 Å². The Bertz CT molecular complexity index is 822. The number of benzene rings is 2. The van der Waals surface area contributed by atoms with Gasteiger partial charge in [0.05, 0.1) is 13.2 Å². The van der Waals surface area contributed by atoms with Crippen LogP contribution in [0.5, 0.6) is 5.75 Å². The molecule has 2 aromatic rings. The fourth-order valence-electron chi connectivity index (χ4n) is 3.05. The van der Waals surface area contributed by atoms with Crippen LogP contribution in [0, 0.1) is 0 Å². The summed E-state index contributed by atoms with van der Waals surface area (Å²) in [5.74, 6) is -1.15. The Kier molecular flexibility index (Phi) is 5.70. The van der Waals surface area contributed by atoms with Gasteiger partial charge < -0.3 is 19.5 Å². The Morgan fingerprint density at radius 2 is 1.70 bits per heavy atom. The number of rotatable bonds is 6. The fraction of sp³-hybridized carbons (Fsp3) is 0.300.